The molecule has 3 aromatic rings. The minimum absolute atomic E-state index is 0.0929. The second kappa shape index (κ2) is 6.11. The van der Waals surface area contributed by atoms with Crippen molar-refractivity contribution in [2.24, 2.45) is 0 Å². The van der Waals surface area contributed by atoms with E-state index in [1.165, 1.54) is 21.9 Å². The van der Waals surface area contributed by atoms with Gasteiger partial charge in [0.1, 0.15) is 17.0 Å². The van der Waals surface area contributed by atoms with Gasteiger partial charge in [-0.05, 0) is 12.8 Å². The third kappa shape index (κ3) is 2.66. The normalized spacial score (nSPS) is 17.7. The van der Waals surface area contributed by atoms with Crippen molar-refractivity contribution >= 4 is 22.2 Å². The molecule has 130 valence electrons. The monoisotopic (exact) mass is 358 g/mol. The predicted molar refractivity (Wildman–Crippen MR) is 92.9 cm³/mol. The van der Waals surface area contributed by atoms with Crippen molar-refractivity contribution < 1.29 is 9.32 Å². The van der Waals surface area contributed by atoms with Crippen molar-refractivity contribution in [1.82, 2.24) is 19.4 Å². The summed E-state index contributed by atoms with van der Waals surface area (Å²) < 4.78 is 6.79. The number of carbonyl (C=O) groups excluding carboxylic acids is 1. The molecule has 4 rings (SSSR count). The number of carbonyl (C=O) groups is 1. The highest BCUT2D eigenvalue weighted by Crippen LogP contribution is 2.33. The van der Waals surface area contributed by atoms with E-state index in [9.17, 15) is 9.59 Å². The van der Waals surface area contributed by atoms with E-state index in [-0.39, 0.29) is 29.0 Å². The van der Waals surface area contributed by atoms with Crippen molar-refractivity contribution in [3.05, 3.63) is 51.2 Å². The van der Waals surface area contributed by atoms with Gasteiger partial charge in [0.2, 0.25) is 0 Å². The van der Waals surface area contributed by atoms with E-state index >= 15 is 0 Å². The number of nitrogens with zero attached hydrogens (tertiary/aromatic N) is 4. The number of aromatic nitrogens is 3. The van der Waals surface area contributed by atoms with Crippen LogP contribution in [-0.2, 0) is 0 Å². The van der Waals surface area contributed by atoms with E-state index in [0.29, 0.717) is 11.5 Å². The lowest BCUT2D eigenvalue weighted by Crippen LogP contribution is -2.35. The molecule has 0 spiro atoms. The van der Waals surface area contributed by atoms with Crippen molar-refractivity contribution in [1.29, 1.82) is 0 Å². The van der Waals surface area contributed by atoms with Crippen LogP contribution < -0.4 is 5.56 Å². The maximum absolute atomic E-state index is 13.0. The zero-order valence-electron chi connectivity index (χ0n) is 14.0. The standard InChI is InChI=1S/C17H18N4O3S/c1-10(2)14-8-12(19-24-14)13-4-3-5-20(13)15(22)11-9-18-17-21(16(11)23)6-7-25-17/h6-10,13H,3-5H2,1-2H3/t13-/m1/s1. The fourth-order valence-corrected chi connectivity index (χ4v) is 3.85. The van der Waals surface area contributed by atoms with Crippen LogP contribution in [0, 0.1) is 0 Å². The van der Waals surface area contributed by atoms with Crippen molar-refractivity contribution in [2.75, 3.05) is 6.54 Å². The number of fused-ring (bicyclic) bond motifs is 1. The molecule has 0 unspecified atom stereocenters. The molecule has 25 heavy (non-hydrogen) atoms. The van der Waals surface area contributed by atoms with Gasteiger partial charge < -0.3 is 9.42 Å². The van der Waals surface area contributed by atoms with Gasteiger partial charge in [0.25, 0.3) is 11.5 Å². The fourth-order valence-electron chi connectivity index (χ4n) is 3.18. The summed E-state index contributed by atoms with van der Waals surface area (Å²) in [5.74, 6) is 0.743. The summed E-state index contributed by atoms with van der Waals surface area (Å²) >= 11 is 1.36. The Morgan fingerprint density at radius 2 is 2.28 bits per heavy atom. The van der Waals surface area contributed by atoms with E-state index in [2.05, 4.69) is 10.1 Å². The van der Waals surface area contributed by atoms with Gasteiger partial charge >= 0.3 is 0 Å². The first-order valence-electron chi connectivity index (χ1n) is 8.28. The lowest BCUT2D eigenvalue weighted by molar-refractivity contribution is 0.0728. The Morgan fingerprint density at radius 1 is 1.44 bits per heavy atom. The molecule has 3 aromatic heterocycles. The number of amides is 1. The highest BCUT2D eigenvalue weighted by atomic mass is 32.1. The largest absolute Gasteiger partial charge is 0.361 e. The van der Waals surface area contributed by atoms with Crippen LogP contribution in [0.25, 0.3) is 4.96 Å². The molecule has 0 aromatic carbocycles. The molecular weight excluding hydrogens is 340 g/mol. The second-order valence-corrected chi connectivity index (χ2v) is 7.37. The second-order valence-electron chi connectivity index (χ2n) is 6.50. The van der Waals surface area contributed by atoms with Gasteiger partial charge in [0.15, 0.2) is 4.96 Å². The quantitative estimate of drug-likeness (QED) is 0.719. The smallest absolute Gasteiger partial charge is 0.271 e. The van der Waals surface area contributed by atoms with Gasteiger partial charge in [-0.25, -0.2) is 4.98 Å². The van der Waals surface area contributed by atoms with Gasteiger partial charge in [0, 0.05) is 36.3 Å². The van der Waals surface area contributed by atoms with Crippen LogP contribution in [0.2, 0.25) is 0 Å². The molecule has 1 aliphatic rings. The molecule has 8 heteroatoms. The van der Waals surface area contributed by atoms with Crippen molar-refractivity contribution in [2.45, 2.75) is 38.6 Å². The topological polar surface area (TPSA) is 80.7 Å². The fraction of sp³-hybridized carbons (Fsp3) is 0.412. The molecule has 0 N–H and O–H groups in total. The SMILES string of the molecule is CC(C)c1cc([C@H]2CCCN2C(=O)c2cnc3sccn3c2=O)no1. The molecule has 0 aliphatic carbocycles. The highest BCUT2D eigenvalue weighted by Gasteiger charge is 2.34. The Balaban J connectivity index is 1.67. The van der Waals surface area contributed by atoms with Crippen molar-refractivity contribution in [3.63, 3.8) is 0 Å². The van der Waals surface area contributed by atoms with Crippen LogP contribution in [0.3, 0.4) is 0 Å². The molecule has 0 radical (unpaired) electrons. The van der Waals surface area contributed by atoms with Crippen LogP contribution in [-0.4, -0.2) is 31.9 Å². The molecule has 1 aliphatic heterocycles. The lowest BCUT2D eigenvalue weighted by atomic mass is 10.1. The van der Waals surface area contributed by atoms with E-state index in [1.54, 1.807) is 16.5 Å². The minimum atomic E-state index is -0.329. The van der Waals surface area contributed by atoms with Crippen LogP contribution in [0.5, 0.6) is 0 Å². The first kappa shape index (κ1) is 16.0. The lowest BCUT2D eigenvalue weighted by Gasteiger charge is -2.22. The zero-order chi connectivity index (χ0) is 17.6. The van der Waals surface area contributed by atoms with Gasteiger partial charge in [0.05, 0.1) is 6.04 Å². The highest BCUT2D eigenvalue weighted by molar-refractivity contribution is 7.15. The molecule has 1 amide bonds. The van der Waals surface area contributed by atoms with Gasteiger partial charge in [-0.3, -0.25) is 14.0 Å². The number of thiazole rings is 1. The summed E-state index contributed by atoms with van der Waals surface area (Å²) in [4.78, 5) is 32.1. The van der Waals surface area contributed by atoms with Gasteiger partial charge in [-0.1, -0.05) is 19.0 Å². The molecule has 0 bridgehead atoms. The summed E-state index contributed by atoms with van der Waals surface area (Å²) in [6.07, 6.45) is 4.70. The minimum Gasteiger partial charge on any atom is -0.361 e. The Morgan fingerprint density at radius 3 is 3.04 bits per heavy atom. The average Bonchev–Trinajstić information content (AvgIpc) is 3.33. The average molecular weight is 358 g/mol. The van der Waals surface area contributed by atoms with Crippen LogP contribution in [0.1, 0.15) is 60.5 Å². The third-order valence-electron chi connectivity index (χ3n) is 4.54. The van der Waals surface area contributed by atoms with Crippen molar-refractivity contribution in [3.8, 4) is 0 Å². The summed E-state index contributed by atoms with van der Waals surface area (Å²) in [5, 5.41) is 5.92. The van der Waals surface area contributed by atoms with E-state index in [1.807, 2.05) is 19.9 Å². The Bertz CT molecular complexity index is 987. The van der Waals surface area contributed by atoms with Gasteiger partial charge in [-0.15, -0.1) is 11.3 Å². The van der Waals surface area contributed by atoms with E-state index in [4.69, 9.17) is 4.52 Å². The summed E-state index contributed by atoms with van der Waals surface area (Å²) in [7, 11) is 0. The Labute approximate surface area is 147 Å². The molecule has 7 nitrogen and oxygen atoms in total. The number of hydrogen-bond donors (Lipinski definition) is 0. The molecule has 0 saturated carbocycles. The number of rotatable bonds is 3. The molecule has 1 fully saturated rings. The maximum Gasteiger partial charge on any atom is 0.271 e. The summed E-state index contributed by atoms with van der Waals surface area (Å²) in [6.45, 7) is 4.66. The number of likely N-dealkylation sites (tertiary alicyclic amines) is 1. The molecular formula is C17H18N4O3S. The Hall–Kier alpha value is -2.48. The van der Waals surface area contributed by atoms with E-state index < -0.39 is 0 Å². The first-order valence-corrected chi connectivity index (χ1v) is 9.16. The summed E-state index contributed by atoms with van der Waals surface area (Å²) in [5.41, 5.74) is 0.513. The van der Waals surface area contributed by atoms with E-state index in [0.717, 1.165) is 24.3 Å². The third-order valence-corrected chi connectivity index (χ3v) is 5.31. The Kier molecular flexibility index (Phi) is 3.91. The van der Waals surface area contributed by atoms with Crippen LogP contribution in [0.15, 0.2) is 33.2 Å². The first-order chi connectivity index (χ1) is 12.1. The van der Waals surface area contributed by atoms with Gasteiger partial charge in [-0.2, -0.15) is 0 Å². The zero-order valence-corrected chi connectivity index (χ0v) is 14.8. The molecule has 4 heterocycles. The van der Waals surface area contributed by atoms with Crippen LogP contribution in [0.4, 0.5) is 0 Å². The predicted octanol–water partition coefficient (Wildman–Crippen LogP) is 2.84. The maximum atomic E-state index is 13.0. The van der Waals surface area contributed by atoms with Crippen LogP contribution >= 0.6 is 11.3 Å². The number of hydrogen-bond acceptors (Lipinski definition) is 6. The molecule has 1 atom stereocenters. The molecule has 1 saturated heterocycles. The summed E-state index contributed by atoms with van der Waals surface area (Å²) in [6, 6.07) is 1.75.